The number of terminal acetylenes is 1. The van der Waals surface area contributed by atoms with Crippen LogP contribution in [0.2, 0.25) is 0 Å². The molecule has 0 aliphatic rings. The zero-order valence-corrected chi connectivity index (χ0v) is 11.9. The van der Waals surface area contributed by atoms with Crippen LogP contribution in [0, 0.1) is 12.3 Å². The lowest BCUT2D eigenvalue weighted by Crippen LogP contribution is -2.25. The van der Waals surface area contributed by atoms with Gasteiger partial charge in [0.2, 0.25) is 0 Å². The number of pyridine rings is 1. The summed E-state index contributed by atoms with van der Waals surface area (Å²) >= 11 is 0. The quantitative estimate of drug-likeness (QED) is 0.652. The number of fused-ring (bicyclic) bond motifs is 1. The molecule has 0 aliphatic heterocycles. The van der Waals surface area contributed by atoms with E-state index in [0.29, 0.717) is 12.4 Å². The summed E-state index contributed by atoms with van der Waals surface area (Å²) in [5.41, 5.74) is 1.48. The molecule has 5 nitrogen and oxygen atoms in total. The van der Waals surface area contributed by atoms with Crippen LogP contribution in [-0.2, 0) is 4.79 Å². The average molecular weight is 283 g/mol. The maximum absolute atomic E-state index is 10.8. The van der Waals surface area contributed by atoms with E-state index in [2.05, 4.69) is 17.8 Å². The van der Waals surface area contributed by atoms with Crippen molar-refractivity contribution < 1.29 is 9.90 Å². The topological polar surface area (TPSA) is 57.8 Å². The van der Waals surface area contributed by atoms with Crippen LogP contribution in [0.15, 0.2) is 30.5 Å². The van der Waals surface area contributed by atoms with Crippen LogP contribution < -0.4 is 4.90 Å². The van der Waals surface area contributed by atoms with E-state index in [4.69, 9.17) is 11.5 Å². The van der Waals surface area contributed by atoms with Crippen molar-refractivity contribution in [3.63, 3.8) is 0 Å². The predicted octanol–water partition coefficient (Wildman–Crippen LogP) is 2.28. The molecule has 0 aromatic carbocycles. The zero-order valence-electron chi connectivity index (χ0n) is 11.9. The molecule has 0 atom stereocenters. The van der Waals surface area contributed by atoms with Gasteiger partial charge in [-0.1, -0.05) is 18.9 Å². The van der Waals surface area contributed by atoms with Gasteiger partial charge in [-0.25, -0.2) is 9.78 Å². The number of carboxylic acids is 1. The molecule has 108 valence electrons. The molecule has 0 unspecified atom stereocenters. The number of imidazole rings is 1. The highest BCUT2D eigenvalue weighted by Crippen LogP contribution is 2.23. The van der Waals surface area contributed by atoms with Crippen molar-refractivity contribution in [2.75, 3.05) is 18.0 Å². The van der Waals surface area contributed by atoms with Gasteiger partial charge >= 0.3 is 5.97 Å². The zero-order chi connectivity index (χ0) is 15.2. The third kappa shape index (κ3) is 3.23. The molecule has 0 saturated heterocycles. The molecule has 5 heteroatoms. The Balaban J connectivity index is 2.57. The maximum atomic E-state index is 10.8. The van der Waals surface area contributed by atoms with E-state index in [1.54, 1.807) is 6.08 Å². The number of carboxylic acid groups (broad SMARTS) is 1. The molecule has 2 rings (SSSR count). The second-order valence-corrected chi connectivity index (χ2v) is 4.55. The van der Waals surface area contributed by atoms with Gasteiger partial charge in [0.25, 0.3) is 0 Å². The number of anilines is 1. The molecule has 0 spiro atoms. The highest BCUT2D eigenvalue weighted by molar-refractivity contribution is 5.86. The Kier molecular flexibility index (Phi) is 4.62. The van der Waals surface area contributed by atoms with Crippen LogP contribution in [-0.4, -0.2) is 33.6 Å². The standard InChI is InChI=1S/C16H17N3O2/c1-3-10-18(11-4-2)16-13(8-9-15(20)21)19-12-6-5-7-14(19)17-16/h1,5-9,12H,4,10-11H2,2H3,(H,20,21)/b9-8+. The lowest BCUT2D eigenvalue weighted by atomic mass is 10.3. The van der Waals surface area contributed by atoms with Crippen LogP contribution in [0.3, 0.4) is 0 Å². The average Bonchev–Trinajstić information content (AvgIpc) is 2.83. The highest BCUT2D eigenvalue weighted by atomic mass is 16.4. The van der Waals surface area contributed by atoms with Gasteiger partial charge in [-0.3, -0.25) is 4.40 Å². The molecule has 1 N–H and O–H groups in total. The molecule has 0 bridgehead atoms. The number of hydrogen-bond acceptors (Lipinski definition) is 3. The first-order valence-electron chi connectivity index (χ1n) is 6.74. The minimum atomic E-state index is -0.995. The third-order valence-corrected chi connectivity index (χ3v) is 3.01. The number of aromatic nitrogens is 2. The molecule has 2 aromatic rings. The number of nitrogens with zero attached hydrogens (tertiary/aromatic N) is 3. The molecule has 0 saturated carbocycles. The number of hydrogen-bond donors (Lipinski definition) is 1. The molecule has 0 radical (unpaired) electrons. The van der Waals surface area contributed by atoms with E-state index in [0.717, 1.165) is 30.4 Å². The van der Waals surface area contributed by atoms with Gasteiger partial charge in [-0.2, -0.15) is 0 Å². The van der Waals surface area contributed by atoms with Gasteiger partial charge < -0.3 is 10.0 Å². The van der Waals surface area contributed by atoms with Crippen molar-refractivity contribution in [2.45, 2.75) is 13.3 Å². The van der Waals surface area contributed by atoms with Gasteiger partial charge in [0.15, 0.2) is 5.82 Å². The lowest BCUT2D eigenvalue weighted by Gasteiger charge is -2.19. The van der Waals surface area contributed by atoms with Crippen LogP contribution >= 0.6 is 0 Å². The smallest absolute Gasteiger partial charge is 0.328 e. The molecular weight excluding hydrogens is 266 g/mol. The summed E-state index contributed by atoms with van der Waals surface area (Å²) in [6.07, 6.45) is 10.9. The fourth-order valence-electron chi connectivity index (χ4n) is 2.18. The summed E-state index contributed by atoms with van der Waals surface area (Å²) in [7, 11) is 0. The summed E-state index contributed by atoms with van der Waals surface area (Å²) in [4.78, 5) is 17.4. The van der Waals surface area contributed by atoms with Crippen LogP contribution in [0.4, 0.5) is 5.82 Å². The number of carbonyl (C=O) groups is 1. The Hall–Kier alpha value is -2.74. The van der Waals surface area contributed by atoms with E-state index >= 15 is 0 Å². The third-order valence-electron chi connectivity index (χ3n) is 3.01. The van der Waals surface area contributed by atoms with Crippen molar-refractivity contribution in [2.24, 2.45) is 0 Å². The van der Waals surface area contributed by atoms with Gasteiger partial charge in [0.1, 0.15) is 5.65 Å². The van der Waals surface area contributed by atoms with E-state index in [-0.39, 0.29) is 0 Å². The van der Waals surface area contributed by atoms with E-state index < -0.39 is 5.97 Å². The van der Waals surface area contributed by atoms with E-state index in [9.17, 15) is 4.79 Å². The molecule has 0 fully saturated rings. The summed E-state index contributed by atoms with van der Waals surface area (Å²) in [5.74, 6) is 2.34. The molecule has 21 heavy (non-hydrogen) atoms. The second kappa shape index (κ2) is 6.62. The van der Waals surface area contributed by atoms with Crippen molar-refractivity contribution in [3.8, 4) is 12.3 Å². The van der Waals surface area contributed by atoms with Crippen LogP contribution in [0.25, 0.3) is 11.7 Å². The largest absolute Gasteiger partial charge is 0.478 e. The van der Waals surface area contributed by atoms with Gasteiger partial charge in [0.05, 0.1) is 12.2 Å². The summed E-state index contributed by atoms with van der Waals surface area (Å²) in [6, 6.07) is 5.64. The van der Waals surface area contributed by atoms with Crippen molar-refractivity contribution in [1.82, 2.24) is 9.38 Å². The minimum Gasteiger partial charge on any atom is -0.478 e. The second-order valence-electron chi connectivity index (χ2n) is 4.55. The SMILES string of the molecule is C#CCN(CCC)c1nc2ccccn2c1/C=C/C(=O)O. The van der Waals surface area contributed by atoms with E-state index in [1.807, 2.05) is 33.7 Å². The summed E-state index contributed by atoms with van der Waals surface area (Å²) < 4.78 is 1.86. The lowest BCUT2D eigenvalue weighted by molar-refractivity contribution is -0.131. The first-order valence-corrected chi connectivity index (χ1v) is 6.74. The fourth-order valence-corrected chi connectivity index (χ4v) is 2.18. The maximum Gasteiger partial charge on any atom is 0.328 e. The summed E-state index contributed by atoms with van der Waals surface area (Å²) in [5, 5.41) is 8.86. The van der Waals surface area contributed by atoms with Crippen molar-refractivity contribution in [1.29, 1.82) is 0 Å². The van der Waals surface area contributed by atoms with Gasteiger partial charge in [0, 0.05) is 18.8 Å². The predicted molar refractivity (Wildman–Crippen MR) is 83.2 cm³/mol. The molecule has 0 aliphatic carbocycles. The Bertz CT molecular complexity index is 710. The van der Waals surface area contributed by atoms with Gasteiger partial charge in [-0.15, -0.1) is 6.42 Å². The van der Waals surface area contributed by atoms with E-state index in [1.165, 1.54) is 0 Å². The Morgan fingerprint density at radius 2 is 2.38 bits per heavy atom. The number of rotatable bonds is 6. The first-order chi connectivity index (χ1) is 10.2. The van der Waals surface area contributed by atoms with Gasteiger partial charge in [-0.05, 0) is 24.6 Å². The molecule has 0 amide bonds. The Morgan fingerprint density at radius 1 is 1.57 bits per heavy atom. The summed E-state index contributed by atoms with van der Waals surface area (Å²) in [6.45, 7) is 3.26. The fraction of sp³-hybridized carbons (Fsp3) is 0.250. The Morgan fingerprint density at radius 3 is 3.05 bits per heavy atom. The molecule has 2 heterocycles. The monoisotopic (exact) mass is 283 g/mol. The van der Waals surface area contributed by atoms with Crippen molar-refractivity contribution >= 4 is 23.5 Å². The highest BCUT2D eigenvalue weighted by Gasteiger charge is 2.15. The first kappa shape index (κ1) is 14.7. The normalized spacial score (nSPS) is 10.9. The van der Waals surface area contributed by atoms with Crippen molar-refractivity contribution in [3.05, 3.63) is 36.2 Å². The van der Waals surface area contributed by atoms with Crippen LogP contribution in [0.5, 0.6) is 0 Å². The minimum absolute atomic E-state index is 0.436. The molecular formula is C16H17N3O2. The number of aliphatic carboxylic acids is 1. The van der Waals surface area contributed by atoms with Crippen LogP contribution in [0.1, 0.15) is 19.0 Å². The Labute approximate surface area is 123 Å². The molecule has 2 aromatic heterocycles.